The summed E-state index contributed by atoms with van der Waals surface area (Å²) in [5.41, 5.74) is 1.10. The molecule has 5 nitrogen and oxygen atoms in total. The molecule has 1 aromatic carbocycles. The maximum Gasteiger partial charge on any atom is 0.179 e. The number of benzene rings is 1. The van der Waals surface area contributed by atoms with Gasteiger partial charge in [0.25, 0.3) is 0 Å². The molecule has 0 spiro atoms. The maximum atomic E-state index is 6.21. The SMILES string of the molecule is Clc1cc(CNCCCn2cccn2)cc2c1OCCO2. The van der Waals surface area contributed by atoms with Crippen LogP contribution >= 0.6 is 11.6 Å². The molecule has 0 bridgehead atoms. The van der Waals surface area contributed by atoms with Crippen molar-refractivity contribution >= 4 is 11.6 Å². The Morgan fingerprint density at radius 1 is 1.29 bits per heavy atom. The zero-order valence-corrected chi connectivity index (χ0v) is 12.5. The Kier molecular flexibility index (Phi) is 4.62. The van der Waals surface area contributed by atoms with Crippen LogP contribution in [-0.4, -0.2) is 29.5 Å². The van der Waals surface area contributed by atoms with Gasteiger partial charge in [0, 0.05) is 25.5 Å². The predicted octanol–water partition coefficient (Wildman–Crippen LogP) is 2.49. The van der Waals surface area contributed by atoms with Gasteiger partial charge in [-0.15, -0.1) is 0 Å². The minimum atomic E-state index is 0.553. The lowest BCUT2D eigenvalue weighted by Gasteiger charge is -2.20. The normalized spacial score (nSPS) is 13.4. The highest BCUT2D eigenvalue weighted by atomic mass is 35.5. The van der Waals surface area contributed by atoms with Gasteiger partial charge in [-0.25, -0.2) is 0 Å². The zero-order chi connectivity index (χ0) is 14.5. The summed E-state index contributed by atoms with van der Waals surface area (Å²) in [6.45, 7) is 3.73. The number of hydrogen-bond acceptors (Lipinski definition) is 4. The minimum Gasteiger partial charge on any atom is -0.486 e. The van der Waals surface area contributed by atoms with Crippen LogP contribution < -0.4 is 14.8 Å². The van der Waals surface area contributed by atoms with Gasteiger partial charge in [-0.05, 0) is 36.7 Å². The van der Waals surface area contributed by atoms with E-state index in [1.54, 1.807) is 6.20 Å². The number of hydrogen-bond donors (Lipinski definition) is 1. The Balaban J connectivity index is 1.48. The molecule has 6 heteroatoms. The summed E-state index contributed by atoms with van der Waals surface area (Å²) >= 11 is 6.21. The van der Waals surface area contributed by atoms with E-state index < -0.39 is 0 Å². The van der Waals surface area contributed by atoms with E-state index in [0.29, 0.717) is 24.0 Å². The highest BCUT2D eigenvalue weighted by molar-refractivity contribution is 6.32. The number of halogens is 1. The van der Waals surface area contributed by atoms with E-state index in [9.17, 15) is 0 Å². The molecule has 0 atom stereocenters. The van der Waals surface area contributed by atoms with E-state index in [2.05, 4.69) is 10.4 Å². The van der Waals surface area contributed by atoms with Crippen molar-refractivity contribution in [1.82, 2.24) is 15.1 Å². The lowest BCUT2D eigenvalue weighted by atomic mass is 10.2. The molecule has 1 aromatic heterocycles. The third-order valence-corrected chi connectivity index (χ3v) is 3.57. The molecule has 112 valence electrons. The van der Waals surface area contributed by atoms with E-state index in [0.717, 1.165) is 37.4 Å². The van der Waals surface area contributed by atoms with Crippen LogP contribution in [0.25, 0.3) is 0 Å². The second-order valence-electron chi connectivity index (χ2n) is 4.90. The number of fused-ring (bicyclic) bond motifs is 1. The minimum absolute atomic E-state index is 0.553. The molecule has 0 radical (unpaired) electrons. The van der Waals surface area contributed by atoms with Crippen molar-refractivity contribution in [1.29, 1.82) is 0 Å². The summed E-state index contributed by atoms with van der Waals surface area (Å²) in [6.07, 6.45) is 4.80. The smallest absolute Gasteiger partial charge is 0.179 e. The van der Waals surface area contributed by atoms with Crippen LogP contribution in [0.1, 0.15) is 12.0 Å². The molecule has 3 rings (SSSR count). The van der Waals surface area contributed by atoms with Crippen molar-refractivity contribution in [2.24, 2.45) is 0 Å². The Hall–Kier alpha value is -1.72. The van der Waals surface area contributed by atoms with Gasteiger partial charge in [0.15, 0.2) is 11.5 Å². The van der Waals surface area contributed by atoms with E-state index in [-0.39, 0.29) is 0 Å². The number of aryl methyl sites for hydroxylation is 1. The van der Waals surface area contributed by atoms with E-state index in [1.807, 2.05) is 29.1 Å². The molecule has 21 heavy (non-hydrogen) atoms. The van der Waals surface area contributed by atoms with Gasteiger partial charge in [-0.1, -0.05) is 11.6 Å². The van der Waals surface area contributed by atoms with Crippen LogP contribution in [0, 0.1) is 0 Å². The Labute approximate surface area is 128 Å². The fourth-order valence-electron chi connectivity index (χ4n) is 2.30. The van der Waals surface area contributed by atoms with Crippen molar-refractivity contribution < 1.29 is 9.47 Å². The number of aromatic nitrogens is 2. The van der Waals surface area contributed by atoms with Gasteiger partial charge < -0.3 is 14.8 Å². The average molecular weight is 308 g/mol. The van der Waals surface area contributed by atoms with Crippen molar-refractivity contribution in [2.75, 3.05) is 19.8 Å². The van der Waals surface area contributed by atoms with Crippen LogP contribution in [0.15, 0.2) is 30.6 Å². The maximum absolute atomic E-state index is 6.21. The molecule has 0 fully saturated rings. The van der Waals surface area contributed by atoms with Crippen molar-refractivity contribution in [3.63, 3.8) is 0 Å². The first-order valence-corrected chi connectivity index (χ1v) is 7.47. The van der Waals surface area contributed by atoms with Crippen molar-refractivity contribution in [3.05, 3.63) is 41.2 Å². The zero-order valence-electron chi connectivity index (χ0n) is 11.7. The molecule has 0 amide bonds. The number of rotatable bonds is 6. The number of nitrogens with one attached hydrogen (secondary N) is 1. The summed E-state index contributed by atoms with van der Waals surface area (Å²) < 4.78 is 13.0. The van der Waals surface area contributed by atoms with Gasteiger partial charge in [0.2, 0.25) is 0 Å². The fourth-order valence-corrected chi connectivity index (χ4v) is 2.59. The molecular weight excluding hydrogens is 290 g/mol. The lowest BCUT2D eigenvalue weighted by Crippen LogP contribution is -2.18. The first kappa shape index (κ1) is 14.2. The number of nitrogens with zero attached hydrogens (tertiary/aromatic N) is 2. The summed E-state index contributed by atoms with van der Waals surface area (Å²) in [5, 5.41) is 8.19. The second-order valence-corrected chi connectivity index (χ2v) is 5.31. The van der Waals surface area contributed by atoms with Crippen LogP contribution in [0.5, 0.6) is 11.5 Å². The van der Waals surface area contributed by atoms with Crippen molar-refractivity contribution in [3.8, 4) is 11.5 Å². The monoisotopic (exact) mass is 307 g/mol. The third-order valence-electron chi connectivity index (χ3n) is 3.29. The molecule has 1 aliphatic heterocycles. The highest BCUT2D eigenvalue weighted by Crippen LogP contribution is 2.38. The molecule has 1 N–H and O–H groups in total. The standard InChI is InChI=1S/C15H18ClN3O2/c16-13-9-12(10-14-15(13)21-8-7-20-14)11-17-3-1-5-19-6-2-4-18-19/h2,4,6,9-10,17H,1,3,5,7-8,11H2. The van der Waals surface area contributed by atoms with E-state index in [1.165, 1.54) is 0 Å². The molecule has 0 unspecified atom stereocenters. The molecule has 0 saturated heterocycles. The average Bonchev–Trinajstić information content (AvgIpc) is 3.00. The second kappa shape index (κ2) is 6.83. The van der Waals surface area contributed by atoms with Crippen molar-refractivity contribution in [2.45, 2.75) is 19.5 Å². The Morgan fingerprint density at radius 2 is 2.19 bits per heavy atom. The van der Waals surface area contributed by atoms with Gasteiger partial charge in [-0.2, -0.15) is 5.10 Å². The van der Waals surface area contributed by atoms with Gasteiger partial charge in [0.1, 0.15) is 13.2 Å². The summed E-state index contributed by atoms with van der Waals surface area (Å²) in [5.74, 6) is 1.40. The van der Waals surface area contributed by atoms with Gasteiger partial charge in [0.05, 0.1) is 5.02 Å². The summed E-state index contributed by atoms with van der Waals surface area (Å²) in [7, 11) is 0. The largest absolute Gasteiger partial charge is 0.486 e. The fraction of sp³-hybridized carbons (Fsp3) is 0.400. The first-order chi connectivity index (χ1) is 10.3. The van der Waals surface area contributed by atoms with Crippen LogP contribution in [-0.2, 0) is 13.1 Å². The van der Waals surface area contributed by atoms with Crippen LogP contribution in [0.3, 0.4) is 0 Å². The third kappa shape index (κ3) is 3.68. The Bertz CT molecular complexity index is 587. The van der Waals surface area contributed by atoms with E-state index >= 15 is 0 Å². The number of ether oxygens (including phenoxy) is 2. The molecule has 0 aliphatic carbocycles. The quantitative estimate of drug-likeness (QED) is 0.833. The van der Waals surface area contributed by atoms with Crippen LogP contribution in [0.4, 0.5) is 0 Å². The topological polar surface area (TPSA) is 48.3 Å². The van der Waals surface area contributed by atoms with E-state index in [4.69, 9.17) is 21.1 Å². The summed E-state index contributed by atoms with van der Waals surface area (Å²) in [4.78, 5) is 0. The van der Waals surface area contributed by atoms with Gasteiger partial charge in [-0.3, -0.25) is 4.68 Å². The highest BCUT2D eigenvalue weighted by Gasteiger charge is 2.16. The lowest BCUT2D eigenvalue weighted by molar-refractivity contribution is 0.171. The first-order valence-electron chi connectivity index (χ1n) is 7.09. The summed E-state index contributed by atoms with van der Waals surface area (Å²) in [6, 6.07) is 5.85. The Morgan fingerprint density at radius 3 is 3.05 bits per heavy atom. The molecule has 1 aliphatic rings. The predicted molar refractivity (Wildman–Crippen MR) is 81.0 cm³/mol. The molecule has 2 heterocycles. The van der Waals surface area contributed by atoms with Gasteiger partial charge >= 0.3 is 0 Å². The molecular formula is C15H18ClN3O2. The van der Waals surface area contributed by atoms with Crippen LogP contribution in [0.2, 0.25) is 5.02 Å². The molecule has 0 saturated carbocycles. The molecule has 2 aromatic rings.